The van der Waals surface area contributed by atoms with Gasteiger partial charge in [0.15, 0.2) is 5.43 Å². The van der Waals surface area contributed by atoms with Gasteiger partial charge in [-0.3, -0.25) is 9.59 Å². The number of nitrogens with zero attached hydrogens (tertiary/aromatic N) is 1. The molecule has 30 heavy (non-hydrogen) atoms. The molecule has 5 heteroatoms. The van der Waals surface area contributed by atoms with E-state index in [1.807, 2.05) is 60.9 Å². The zero-order valence-corrected chi connectivity index (χ0v) is 19.5. The van der Waals surface area contributed by atoms with Crippen molar-refractivity contribution in [2.45, 2.75) is 47.1 Å². The van der Waals surface area contributed by atoms with Crippen LogP contribution in [0, 0.1) is 13.8 Å². The fourth-order valence-electron chi connectivity index (χ4n) is 3.82. The van der Waals surface area contributed by atoms with Gasteiger partial charge in [0.05, 0.1) is 0 Å². The Morgan fingerprint density at radius 3 is 2.17 bits per heavy atom. The van der Waals surface area contributed by atoms with E-state index in [2.05, 4.69) is 35.1 Å². The second kappa shape index (κ2) is 9.43. The molecule has 0 aliphatic rings. The molecule has 0 bridgehead atoms. The highest BCUT2D eigenvalue weighted by molar-refractivity contribution is 9.10. The number of benzene rings is 2. The van der Waals surface area contributed by atoms with Crippen LogP contribution in [-0.2, 0) is 19.4 Å². The third-order valence-electron chi connectivity index (χ3n) is 5.46. The van der Waals surface area contributed by atoms with Crippen molar-refractivity contribution in [2.75, 3.05) is 5.32 Å². The first kappa shape index (κ1) is 22.0. The fourth-order valence-corrected chi connectivity index (χ4v) is 4.38. The maximum absolute atomic E-state index is 13.3. The van der Waals surface area contributed by atoms with Gasteiger partial charge in [0.2, 0.25) is 0 Å². The number of amides is 1. The van der Waals surface area contributed by atoms with E-state index in [1.54, 1.807) is 6.07 Å². The molecule has 0 fully saturated rings. The zero-order chi connectivity index (χ0) is 21.8. The molecular formula is C25H27BrN2O2. The molecule has 156 valence electrons. The summed E-state index contributed by atoms with van der Waals surface area (Å²) in [7, 11) is 0. The summed E-state index contributed by atoms with van der Waals surface area (Å²) in [4.78, 5) is 26.0. The van der Waals surface area contributed by atoms with Gasteiger partial charge in [0.1, 0.15) is 5.56 Å². The molecular weight excluding hydrogens is 440 g/mol. The van der Waals surface area contributed by atoms with Crippen LogP contribution in [0.15, 0.2) is 57.8 Å². The Balaban J connectivity index is 2.03. The van der Waals surface area contributed by atoms with Crippen molar-refractivity contribution in [3.8, 4) is 0 Å². The molecule has 0 saturated heterocycles. The zero-order valence-electron chi connectivity index (χ0n) is 17.9. The molecule has 3 rings (SSSR count). The number of hydrogen-bond donors (Lipinski definition) is 1. The summed E-state index contributed by atoms with van der Waals surface area (Å²) in [6.07, 6.45) is 1.57. The van der Waals surface area contributed by atoms with Crippen molar-refractivity contribution in [1.29, 1.82) is 0 Å². The number of hydrogen-bond acceptors (Lipinski definition) is 2. The Labute approximate surface area is 186 Å². The number of aryl methyl sites for hydroxylation is 3. The van der Waals surface area contributed by atoms with Gasteiger partial charge in [0.25, 0.3) is 5.91 Å². The van der Waals surface area contributed by atoms with Crippen molar-refractivity contribution < 1.29 is 4.79 Å². The molecule has 1 amide bonds. The molecule has 4 nitrogen and oxygen atoms in total. The van der Waals surface area contributed by atoms with Crippen molar-refractivity contribution in [3.05, 3.63) is 96.9 Å². The van der Waals surface area contributed by atoms with Crippen molar-refractivity contribution >= 4 is 27.5 Å². The van der Waals surface area contributed by atoms with Gasteiger partial charge in [-0.2, -0.15) is 0 Å². The third-order valence-corrected chi connectivity index (χ3v) is 5.91. The minimum Gasteiger partial charge on any atom is -0.344 e. The number of aromatic nitrogens is 1. The molecule has 0 unspecified atom stereocenters. The van der Waals surface area contributed by atoms with Crippen LogP contribution in [0.4, 0.5) is 5.69 Å². The molecule has 2 aromatic carbocycles. The summed E-state index contributed by atoms with van der Waals surface area (Å²) in [5, 5.41) is 3.04. The molecule has 0 saturated carbocycles. The van der Waals surface area contributed by atoms with Crippen LogP contribution in [-0.4, -0.2) is 10.5 Å². The first-order chi connectivity index (χ1) is 14.3. The topological polar surface area (TPSA) is 51.1 Å². The Hall–Kier alpha value is -2.66. The molecule has 0 aliphatic heterocycles. The quantitative estimate of drug-likeness (QED) is 0.509. The molecule has 0 spiro atoms. The summed E-state index contributed by atoms with van der Waals surface area (Å²) in [6, 6.07) is 15.6. The van der Waals surface area contributed by atoms with Crippen LogP contribution < -0.4 is 10.7 Å². The maximum Gasteiger partial charge on any atom is 0.261 e. The Morgan fingerprint density at radius 1 is 1.00 bits per heavy atom. The summed E-state index contributed by atoms with van der Waals surface area (Å²) in [5.41, 5.74) is 5.48. The highest BCUT2D eigenvalue weighted by atomic mass is 79.9. The van der Waals surface area contributed by atoms with E-state index in [0.717, 1.165) is 45.4 Å². The van der Waals surface area contributed by atoms with Gasteiger partial charge in [-0.25, -0.2) is 0 Å². The van der Waals surface area contributed by atoms with E-state index in [-0.39, 0.29) is 16.9 Å². The Morgan fingerprint density at radius 2 is 1.60 bits per heavy atom. The lowest BCUT2D eigenvalue weighted by Gasteiger charge is -2.19. The minimum absolute atomic E-state index is 0.198. The van der Waals surface area contributed by atoms with E-state index in [4.69, 9.17) is 0 Å². The molecule has 1 N–H and O–H groups in total. The number of pyridine rings is 1. The molecule has 0 atom stereocenters. The van der Waals surface area contributed by atoms with Gasteiger partial charge in [-0.1, -0.05) is 60.1 Å². The molecule has 0 radical (unpaired) electrons. The van der Waals surface area contributed by atoms with Crippen LogP contribution in [0.1, 0.15) is 52.3 Å². The van der Waals surface area contributed by atoms with Gasteiger partial charge in [0, 0.05) is 34.2 Å². The lowest BCUT2D eigenvalue weighted by Crippen LogP contribution is -2.28. The first-order valence-electron chi connectivity index (χ1n) is 10.2. The van der Waals surface area contributed by atoms with E-state index in [9.17, 15) is 9.59 Å². The van der Waals surface area contributed by atoms with E-state index >= 15 is 0 Å². The normalized spacial score (nSPS) is 10.8. The summed E-state index contributed by atoms with van der Waals surface area (Å²) in [5.74, 6) is -0.356. The fraction of sp³-hybridized carbons (Fsp3) is 0.280. The number of carbonyl (C=O) groups is 1. The third kappa shape index (κ3) is 4.57. The summed E-state index contributed by atoms with van der Waals surface area (Å²) >= 11 is 3.55. The number of halogens is 1. The Bertz CT molecular complexity index is 1110. The van der Waals surface area contributed by atoms with Gasteiger partial charge < -0.3 is 9.88 Å². The summed E-state index contributed by atoms with van der Waals surface area (Å²) < 4.78 is 3.01. The standard InChI is InChI=1S/C25H27BrN2O2/c1-5-19-13-21(26)14-20(6-2)24(19)27-25(30)23-17(4)28(16(3)12-22(23)29)15-18-10-8-7-9-11-18/h7-14H,5-6,15H2,1-4H3,(H,27,30). The number of rotatable bonds is 6. The molecule has 3 aromatic rings. The average Bonchev–Trinajstić information content (AvgIpc) is 2.72. The molecule has 1 aromatic heterocycles. The lowest BCUT2D eigenvalue weighted by atomic mass is 10.0. The largest absolute Gasteiger partial charge is 0.344 e. The molecule has 0 aliphatic carbocycles. The minimum atomic E-state index is -0.356. The highest BCUT2D eigenvalue weighted by Gasteiger charge is 2.20. The van der Waals surface area contributed by atoms with Crippen LogP contribution in [0.25, 0.3) is 0 Å². The van der Waals surface area contributed by atoms with Crippen molar-refractivity contribution in [1.82, 2.24) is 4.57 Å². The first-order valence-corrected chi connectivity index (χ1v) is 11.0. The van der Waals surface area contributed by atoms with E-state index < -0.39 is 0 Å². The number of carbonyl (C=O) groups excluding carboxylic acids is 1. The van der Waals surface area contributed by atoms with Gasteiger partial charge >= 0.3 is 0 Å². The van der Waals surface area contributed by atoms with E-state index in [1.165, 1.54) is 0 Å². The second-order valence-electron chi connectivity index (χ2n) is 7.44. The second-order valence-corrected chi connectivity index (χ2v) is 8.36. The van der Waals surface area contributed by atoms with Gasteiger partial charge in [-0.15, -0.1) is 0 Å². The number of anilines is 1. The predicted molar refractivity (Wildman–Crippen MR) is 127 cm³/mol. The monoisotopic (exact) mass is 466 g/mol. The van der Waals surface area contributed by atoms with Gasteiger partial charge in [-0.05, 0) is 55.5 Å². The SMILES string of the molecule is CCc1cc(Br)cc(CC)c1NC(=O)c1c(C)n(Cc2ccccc2)c(C)cc1=O. The van der Waals surface area contributed by atoms with E-state index in [0.29, 0.717) is 12.2 Å². The van der Waals surface area contributed by atoms with Crippen LogP contribution in [0.3, 0.4) is 0 Å². The van der Waals surface area contributed by atoms with Crippen molar-refractivity contribution in [2.24, 2.45) is 0 Å². The van der Waals surface area contributed by atoms with Crippen LogP contribution >= 0.6 is 15.9 Å². The molecule has 1 heterocycles. The average molecular weight is 467 g/mol. The highest BCUT2D eigenvalue weighted by Crippen LogP contribution is 2.28. The number of nitrogens with one attached hydrogen (secondary N) is 1. The van der Waals surface area contributed by atoms with Crippen molar-refractivity contribution in [3.63, 3.8) is 0 Å². The van der Waals surface area contributed by atoms with Crippen LogP contribution in [0.2, 0.25) is 0 Å². The maximum atomic E-state index is 13.3. The predicted octanol–water partition coefficient (Wildman–Crippen LogP) is 5.65. The van der Waals surface area contributed by atoms with Crippen LogP contribution in [0.5, 0.6) is 0 Å². The smallest absolute Gasteiger partial charge is 0.261 e. The Kier molecular flexibility index (Phi) is 6.93. The lowest BCUT2D eigenvalue weighted by molar-refractivity contribution is 0.102. The summed E-state index contributed by atoms with van der Waals surface area (Å²) in [6.45, 7) is 8.47.